The zero-order valence-corrected chi connectivity index (χ0v) is 9.76. The van der Waals surface area contributed by atoms with E-state index in [4.69, 9.17) is 0 Å². The number of hydrogen-bond acceptors (Lipinski definition) is 3. The van der Waals surface area contributed by atoms with Gasteiger partial charge < -0.3 is 0 Å². The Morgan fingerprint density at radius 2 is 2.06 bits per heavy atom. The molecule has 0 N–H and O–H groups in total. The number of aliphatic imine (C=N–C) groups is 1. The van der Waals surface area contributed by atoms with E-state index in [0.717, 1.165) is 5.56 Å². The van der Waals surface area contributed by atoms with Crippen molar-refractivity contribution in [1.29, 1.82) is 0 Å². The van der Waals surface area contributed by atoms with Gasteiger partial charge in [-0.2, -0.15) is 10.1 Å². The predicted molar refractivity (Wildman–Crippen MR) is 58.9 cm³/mol. The average Bonchev–Trinajstić information content (AvgIpc) is 2.59. The highest BCUT2D eigenvalue weighted by Crippen LogP contribution is 1.99. The Morgan fingerprint density at radius 1 is 1.44 bits per heavy atom. The Labute approximate surface area is 93.6 Å². The minimum Gasteiger partial charge on any atom is -0.284 e. The molecule has 0 spiro atoms. The van der Waals surface area contributed by atoms with Crippen LogP contribution in [0.15, 0.2) is 17.4 Å². The molecule has 1 aromatic heterocycles. The van der Waals surface area contributed by atoms with Gasteiger partial charge in [0.15, 0.2) is 0 Å². The first-order chi connectivity index (χ1) is 7.41. The Balaban J connectivity index is 3.16. The van der Waals surface area contributed by atoms with Gasteiger partial charge in [0, 0.05) is 27.1 Å². The fraction of sp³-hybridized carbons (Fsp3) is 0.400. The first-order valence-electron chi connectivity index (χ1n) is 4.77. The van der Waals surface area contributed by atoms with Crippen LogP contribution < -0.4 is 0 Å². The van der Waals surface area contributed by atoms with Crippen molar-refractivity contribution in [2.24, 2.45) is 4.99 Å². The lowest BCUT2D eigenvalue weighted by atomic mass is 10.4. The second-order valence-corrected chi connectivity index (χ2v) is 3.47. The molecular formula is C10H14N4O2. The average molecular weight is 222 g/mol. The molecule has 2 amide bonds. The second-order valence-electron chi connectivity index (χ2n) is 3.47. The number of carbonyl (C=O) groups is 2. The van der Waals surface area contributed by atoms with Crippen LogP contribution in [0.5, 0.6) is 0 Å². The summed E-state index contributed by atoms with van der Waals surface area (Å²) in [5, 5.41) is 4.01. The summed E-state index contributed by atoms with van der Waals surface area (Å²) in [4.78, 5) is 27.3. The summed E-state index contributed by atoms with van der Waals surface area (Å²) < 4.78 is 1.40. The van der Waals surface area contributed by atoms with E-state index in [2.05, 4.69) is 10.1 Å². The molecule has 6 heteroatoms. The van der Waals surface area contributed by atoms with Crippen LogP contribution in [0.3, 0.4) is 0 Å². The van der Waals surface area contributed by atoms with E-state index in [1.165, 1.54) is 23.4 Å². The van der Waals surface area contributed by atoms with Gasteiger partial charge >= 0.3 is 0 Å². The highest BCUT2D eigenvalue weighted by atomic mass is 16.2. The van der Waals surface area contributed by atoms with Crippen LogP contribution in [0.4, 0.5) is 0 Å². The Hall–Kier alpha value is -1.98. The van der Waals surface area contributed by atoms with Gasteiger partial charge in [0.1, 0.15) is 0 Å². The van der Waals surface area contributed by atoms with E-state index in [1.807, 2.05) is 6.92 Å². The van der Waals surface area contributed by atoms with Gasteiger partial charge in [0.2, 0.25) is 17.8 Å². The number of rotatable bonds is 0. The summed E-state index contributed by atoms with van der Waals surface area (Å²) in [5.74, 6) is -0.391. The molecule has 0 aliphatic rings. The number of amides is 2. The molecule has 0 fully saturated rings. The number of aryl methyl sites for hydroxylation is 1. The van der Waals surface area contributed by atoms with E-state index in [1.54, 1.807) is 19.4 Å². The van der Waals surface area contributed by atoms with Gasteiger partial charge in [0.25, 0.3) is 0 Å². The van der Waals surface area contributed by atoms with Crippen LogP contribution in [0.1, 0.15) is 19.4 Å². The summed E-state index contributed by atoms with van der Waals surface area (Å²) in [7, 11) is 1.54. The molecule has 0 radical (unpaired) electrons. The molecule has 86 valence electrons. The van der Waals surface area contributed by atoms with Crippen molar-refractivity contribution in [3.8, 4) is 0 Å². The first kappa shape index (κ1) is 12.1. The highest BCUT2D eigenvalue weighted by molar-refractivity contribution is 6.01. The lowest BCUT2D eigenvalue weighted by molar-refractivity contribution is -0.124. The molecule has 16 heavy (non-hydrogen) atoms. The predicted octanol–water partition coefficient (Wildman–Crippen LogP) is 0.420. The maximum atomic E-state index is 11.2. The molecule has 1 aromatic rings. The largest absolute Gasteiger partial charge is 0.284 e. The molecule has 0 unspecified atom stereocenters. The van der Waals surface area contributed by atoms with E-state index < -0.39 is 0 Å². The zero-order valence-electron chi connectivity index (χ0n) is 9.76. The van der Waals surface area contributed by atoms with Gasteiger partial charge in [-0.25, -0.2) is 4.68 Å². The summed E-state index contributed by atoms with van der Waals surface area (Å²) in [6, 6.07) is 0. The molecule has 0 aromatic carbocycles. The van der Waals surface area contributed by atoms with Crippen LogP contribution in [0.25, 0.3) is 0 Å². The molecule has 0 saturated heterocycles. The molecule has 0 aliphatic carbocycles. The molecule has 1 rings (SSSR count). The molecular weight excluding hydrogens is 208 g/mol. The third kappa shape index (κ3) is 2.75. The molecule has 6 nitrogen and oxygen atoms in total. The highest BCUT2D eigenvalue weighted by Gasteiger charge is 2.14. The Bertz CT molecular complexity index is 447. The summed E-state index contributed by atoms with van der Waals surface area (Å²) in [6.07, 6.45) is 3.32. The minimum atomic E-state index is -0.378. The van der Waals surface area contributed by atoms with Gasteiger partial charge in [-0.1, -0.05) is 0 Å². The number of carbonyl (C=O) groups excluding carboxylic acids is 2. The van der Waals surface area contributed by atoms with Crippen molar-refractivity contribution < 1.29 is 9.59 Å². The van der Waals surface area contributed by atoms with Crippen molar-refractivity contribution in [2.45, 2.75) is 20.8 Å². The topological polar surface area (TPSA) is 67.6 Å². The van der Waals surface area contributed by atoms with Gasteiger partial charge in [0.05, 0.1) is 6.20 Å². The standard InChI is InChI=1S/C10H14N4O2/c1-7-5-11-14(6-7)10(12-8(2)15)13(4)9(3)16/h5-6H,1-4H3/b12-10+. The smallest absolute Gasteiger partial charge is 0.245 e. The quantitative estimate of drug-likeness (QED) is 0.472. The van der Waals surface area contributed by atoms with Gasteiger partial charge in [-0.15, -0.1) is 0 Å². The Kier molecular flexibility index (Phi) is 3.55. The first-order valence-corrected chi connectivity index (χ1v) is 4.77. The monoisotopic (exact) mass is 222 g/mol. The SMILES string of the molecule is CC(=O)/N=C(\N(C)C(C)=O)n1cc(C)cn1. The second kappa shape index (κ2) is 4.69. The number of nitrogens with zero attached hydrogens (tertiary/aromatic N) is 4. The van der Waals surface area contributed by atoms with E-state index in [0.29, 0.717) is 0 Å². The van der Waals surface area contributed by atoms with Crippen molar-refractivity contribution in [1.82, 2.24) is 14.7 Å². The molecule has 0 aliphatic heterocycles. The van der Waals surface area contributed by atoms with Crippen LogP contribution in [-0.2, 0) is 9.59 Å². The minimum absolute atomic E-state index is 0.202. The maximum absolute atomic E-state index is 11.2. The zero-order chi connectivity index (χ0) is 12.3. The summed E-state index contributed by atoms with van der Waals surface area (Å²) in [6.45, 7) is 4.58. The molecule has 1 heterocycles. The lowest BCUT2D eigenvalue weighted by Gasteiger charge is -2.16. The fourth-order valence-electron chi connectivity index (χ4n) is 1.08. The Morgan fingerprint density at radius 3 is 2.44 bits per heavy atom. The summed E-state index contributed by atoms with van der Waals surface area (Å²) in [5.41, 5.74) is 0.924. The summed E-state index contributed by atoms with van der Waals surface area (Å²) >= 11 is 0. The van der Waals surface area contributed by atoms with E-state index in [9.17, 15) is 9.59 Å². The number of aromatic nitrogens is 2. The maximum Gasteiger partial charge on any atom is 0.245 e. The van der Waals surface area contributed by atoms with Crippen LogP contribution in [-0.4, -0.2) is 39.5 Å². The molecule has 0 atom stereocenters. The third-order valence-corrected chi connectivity index (χ3v) is 1.95. The third-order valence-electron chi connectivity index (χ3n) is 1.95. The van der Waals surface area contributed by atoms with Crippen molar-refractivity contribution in [2.75, 3.05) is 7.05 Å². The molecule has 0 saturated carbocycles. The molecule has 0 bridgehead atoms. The van der Waals surface area contributed by atoms with Crippen molar-refractivity contribution in [3.63, 3.8) is 0 Å². The van der Waals surface area contributed by atoms with E-state index in [-0.39, 0.29) is 17.8 Å². The number of hydrogen-bond donors (Lipinski definition) is 0. The lowest BCUT2D eigenvalue weighted by Crippen LogP contribution is -2.37. The normalized spacial score (nSPS) is 11.4. The van der Waals surface area contributed by atoms with Crippen molar-refractivity contribution >= 4 is 17.8 Å². The van der Waals surface area contributed by atoms with Crippen LogP contribution >= 0.6 is 0 Å². The van der Waals surface area contributed by atoms with Crippen LogP contribution in [0, 0.1) is 6.92 Å². The fourth-order valence-corrected chi connectivity index (χ4v) is 1.08. The van der Waals surface area contributed by atoms with Crippen molar-refractivity contribution in [3.05, 3.63) is 18.0 Å². The van der Waals surface area contributed by atoms with Gasteiger partial charge in [-0.3, -0.25) is 14.5 Å². The van der Waals surface area contributed by atoms with Crippen LogP contribution in [0.2, 0.25) is 0 Å². The van der Waals surface area contributed by atoms with Gasteiger partial charge in [-0.05, 0) is 12.5 Å². The van der Waals surface area contributed by atoms with E-state index >= 15 is 0 Å².